The van der Waals surface area contributed by atoms with Crippen LogP contribution >= 0.6 is 0 Å². The van der Waals surface area contributed by atoms with Crippen molar-refractivity contribution in [2.75, 3.05) is 19.3 Å². The number of rotatable bonds is 7. The van der Waals surface area contributed by atoms with Crippen molar-refractivity contribution in [1.29, 1.82) is 0 Å². The third-order valence-electron chi connectivity index (χ3n) is 2.14. The van der Waals surface area contributed by atoms with Gasteiger partial charge in [0.25, 0.3) is 0 Å². The highest BCUT2D eigenvalue weighted by atomic mass is 32.2. The van der Waals surface area contributed by atoms with Crippen LogP contribution in [0.1, 0.15) is 18.4 Å². The zero-order valence-corrected chi connectivity index (χ0v) is 10.9. The van der Waals surface area contributed by atoms with Crippen molar-refractivity contribution in [1.82, 2.24) is 10.6 Å². The summed E-state index contributed by atoms with van der Waals surface area (Å²) in [7, 11) is 0.309. The minimum absolute atomic E-state index is 0.0136. The fraction of sp³-hybridized carbons (Fsp3) is 0.545. The van der Waals surface area contributed by atoms with E-state index in [1.54, 1.807) is 6.07 Å². The van der Waals surface area contributed by atoms with Gasteiger partial charge in [0.1, 0.15) is 17.3 Å². The first-order valence-electron chi connectivity index (χ1n) is 5.49. The van der Waals surface area contributed by atoms with E-state index in [0.29, 0.717) is 12.3 Å². The molecule has 0 aliphatic carbocycles. The lowest BCUT2D eigenvalue weighted by molar-refractivity contribution is -0.118. The first-order valence-corrected chi connectivity index (χ1v) is 6.98. The maximum atomic E-state index is 11.6. The third-order valence-corrected chi connectivity index (χ3v) is 3.33. The van der Waals surface area contributed by atoms with Crippen LogP contribution in [0.15, 0.2) is 16.5 Å². The molecule has 0 spiro atoms. The second-order valence-electron chi connectivity index (χ2n) is 3.55. The number of hydrogen-bond donors (Lipinski definition) is 2. The average Bonchev–Trinajstić information content (AvgIpc) is 2.73. The molecule has 0 fully saturated rings. The lowest BCUT2D eigenvalue weighted by Crippen LogP contribution is -2.24. The van der Waals surface area contributed by atoms with Crippen molar-refractivity contribution in [3.8, 4) is 0 Å². The van der Waals surface area contributed by atoms with Crippen LogP contribution in [-0.2, 0) is 27.9 Å². The molecule has 1 aromatic heterocycles. The van der Waals surface area contributed by atoms with Crippen LogP contribution in [0.25, 0.3) is 0 Å². The van der Waals surface area contributed by atoms with Crippen molar-refractivity contribution in [2.45, 2.75) is 19.2 Å². The van der Waals surface area contributed by atoms with E-state index >= 15 is 0 Å². The predicted octanol–water partition coefficient (Wildman–Crippen LogP) is 0.384. The Balaban J connectivity index is 2.43. The molecule has 1 unspecified atom stereocenters. The van der Waals surface area contributed by atoms with E-state index in [1.165, 1.54) is 7.05 Å². The molecule has 0 saturated heterocycles. The first kappa shape index (κ1) is 13.9. The highest BCUT2D eigenvalue weighted by Gasteiger charge is 2.10. The molecule has 2 N–H and O–H groups in total. The molecule has 1 heterocycles. The van der Waals surface area contributed by atoms with E-state index < -0.39 is 10.8 Å². The summed E-state index contributed by atoms with van der Waals surface area (Å²) in [5, 5.41) is 5.58. The van der Waals surface area contributed by atoms with Gasteiger partial charge in [-0.2, -0.15) is 0 Å². The second-order valence-corrected chi connectivity index (χ2v) is 5.01. The van der Waals surface area contributed by atoms with Gasteiger partial charge in [0.15, 0.2) is 0 Å². The Labute approximate surface area is 103 Å². The Hall–Kier alpha value is -1.14. The Morgan fingerprint density at radius 3 is 2.76 bits per heavy atom. The van der Waals surface area contributed by atoms with Gasteiger partial charge in [-0.05, 0) is 18.7 Å². The Bertz CT molecular complexity index is 390. The Morgan fingerprint density at radius 2 is 2.12 bits per heavy atom. The van der Waals surface area contributed by atoms with Crippen LogP contribution < -0.4 is 10.6 Å². The summed E-state index contributed by atoms with van der Waals surface area (Å²) in [6.45, 7) is 3.56. The fourth-order valence-corrected chi connectivity index (χ4v) is 2.28. The molecule has 96 valence electrons. The molecular weight excluding hydrogens is 240 g/mol. The van der Waals surface area contributed by atoms with Gasteiger partial charge in [-0.3, -0.25) is 9.00 Å². The third kappa shape index (κ3) is 5.14. The summed E-state index contributed by atoms with van der Waals surface area (Å²) in [6.07, 6.45) is 0. The summed E-state index contributed by atoms with van der Waals surface area (Å²) in [5.41, 5.74) is 0. The van der Waals surface area contributed by atoms with Gasteiger partial charge in [-0.1, -0.05) is 6.92 Å². The molecule has 17 heavy (non-hydrogen) atoms. The molecule has 0 radical (unpaired) electrons. The van der Waals surface area contributed by atoms with Gasteiger partial charge in [0.2, 0.25) is 5.91 Å². The van der Waals surface area contributed by atoms with Gasteiger partial charge in [0.05, 0.1) is 12.3 Å². The van der Waals surface area contributed by atoms with Crippen LogP contribution in [-0.4, -0.2) is 29.5 Å². The topological polar surface area (TPSA) is 71.3 Å². The highest BCUT2D eigenvalue weighted by molar-refractivity contribution is 7.84. The number of hydrogen-bond acceptors (Lipinski definition) is 4. The smallest absolute Gasteiger partial charge is 0.232 e. The maximum absolute atomic E-state index is 11.6. The quantitative estimate of drug-likeness (QED) is 0.742. The lowest BCUT2D eigenvalue weighted by atomic mass is 10.4. The molecule has 1 atom stereocenters. The zero-order chi connectivity index (χ0) is 12.7. The van der Waals surface area contributed by atoms with Gasteiger partial charge in [0, 0.05) is 17.8 Å². The molecule has 1 rings (SSSR count). The normalized spacial score (nSPS) is 12.4. The van der Waals surface area contributed by atoms with Gasteiger partial charge in [-0.25, -0.2) is 0 Å². The first-order chi connectivity index (χ1) is 8.15. The number of furan rings is 1. The molecule has 0 aliphatic rings. The largest absolute Gasteiger partial charge is 0.464 e. The second kappa shape index (κ2) is 7.24. The fourth-order valence-electron chi connectivity index (χ4n) is 1.27. The molecular formula is C11H18N2O3S. The van der Waals surface area contributed by atoms with E-state index in [1.807, 2.05) is 13.0 Å². The Morgan fingerprint density at radius 1 is 1.41 bits per heavy atom. The van der Waals surface area contributed by atoms with Gasteiger partial charge >= 0.3 is 0 Å². The van der Waals surface area contributed by atoms with E-state index in [2.05, 4.69) is 10.6 Å². The minimum atomic E-state index is -1.22. The standard InChI is InChI=1S/C11H18N2O3S/c1-3-13-6-9-4-5-10(16-9)7-17(15)8-11(14)12-2/h4-5,13H,3,6-8H2,1-2H3,(H,12,14). The zero-order valence-electron chi connectivity index (χ0n) is 10.1. The van der Waals surface area contributed by atoms with Gasteiger partial charge < -0.3 is 15.1 Å². The highest BCUT2D eigenvalue weighted by Crippen LogP contribution is 2.10. The van der Waals surface area contributed by atoms with Gasteiger partial charge in [-0.15, -0.1) is 0 Å². The summed E-state index contributed by atoms with van der Waals surface area (Å²) >= 11 is 0. The van der Waals surface area contributed by atoms with Crippen molar-refractivity contribution >= 4 is 16.7 Å². The number of carbonyl (C=O) groups is 1. The number of nitrogens with one attached hydrogen (secondary N) is 2. The van der Waals surface area contributed by atoms with Crippen molar-refractivity contribution < 1.29 is 13.4 Å². The molecule has 0 saturated carbocycles. The lowest BCUT2D eigenvalue weighted by Gasteiger charge is -2.00. The predicted molar refractivity (Wildman–Crippen MR) is 66.9 cm³/mol. The monoisotopic (exact) mass is 258 g/mol. The summed E-state index contributed by atoms with van der Waals surface area (Å²) < 4.78 is 17.1. The van der Waals surface area contributed by atoms with E-state index in [0.717, 1.165) is 12.3 Å². The van der Waals surface area contributed by atoms with Crippen molar-refractivity contribution in [3.05, 3.63) is 23.7 Å². The van der Waals surface area contributed by atoms with Crippen LogP contribution in [0.3, 0.4) is 0 Å². The average molecular weight is 258 g/mol. The van der Waals surface area contributed by atoms with E-state index in [-0.39, 0.29) is 17.4 Å². The van der Waals surface area contributed by atoms with Crippen LogP contribution in [0.4, 0.5) is 0 Å². The van der Waals surface area contributed by atoms with E-state index in [9.17, 15) is 9.00 Å². The minimum Gasteiger partial charge on any atom is -0.464 e. The Kier molecular flexibility index (Phi) is 5.93. The van der Waals surface area contributed by atoms with Crippen LogP contribution in [0.5, 0.6) is 0 Å². The van der Waals surface area contributed by atoms with E-state index in [4.69, 9.17) is 4.42 Å². The summed E-state index contributed by atoms with van der Waals surface area (Å²) in [4.78, 5) is 11.0. The summed E-state index contributed by atoms with van der Waals surface area (Å²) in [5.74, 6) is 1.54. The number of amides is 1. The molecule has 0 aromatic carbocycles. The number of carbonyl (C=O) groups excluding carboxylic acids is 1. The molecule has 1 aromatic rings. The maximum Gasteiger partial charge on any atom is 0.232 e. The van der Waals surface area contributed by atoms with Crippen LogP contribution in [0, 0.1) is 0 Å². The van der Waals surface area contributed by atoms with Crippen molar-refractivity contribution in [3.63, 3.8) is 0 Å². The molecule has 6 heteroatoms. The molecule has 0 bridgehead atoms. The van der Waals surface area contributed by atoms with Crippen LogP contribution in [0.2, 0.25) is 0 Å². The van der Waals surface area contributed by atoms with Crippen molar-refractivity contribution in [2.24, 2.45) is 0 Å². The SMILES string of the molecule is CCNCc1ccc(CS(=O)CC(=O)NC)o1. The summed E-state index contributed by atoms with van der Waals surface area (Å²) in [6, 6.07) is 3.66. The molecule has 5 nitrogen and oxygen atoms in total. The molecule has 0 aliphatic heterocycles. The molecule has 1 amide bonds.